The van der Waals surface area contributed by atoms with Gasteiger partial charge < -0.3 is 10.6 Å². The third-order valence-corrected chi connectivity index (χ3v) is 5.91. The lowest BCUT2D eigenvalue weighted by atomic mass is 10.1. The van der Waals surface area contributed by atoms with Crippen LogP contribution in [0.1, 0.15) is 17.5 Å². The van der Waals surface area contributed by atoms with Crippen molar-refractivity contribution in [3.05, 3.63) is 65.7 Å². The molecule has 2 amide bonds. The minimum Gasteiger partial charge on any atom is -0.325 e. The molecule has 0 aliphatic heterocycles. The molecular weight excluding hydrogens is 449 g/mol. The lowest BCUT2D eigenvalue weighted by molar-refractivity contribution is -0.137. The molecule has 6 nitrogen and oxygen atoms in total. The highest BCUT2D eigenvalue weighted by atomic mass is 32.2. The van der Waals surface area contributed by atoms with Crippen LogP contribution in [0.5, 0.6) is 0 Å². The molecule has 0 unspecified atom stereocenters. The Morgan fingerprint density at radius 2 is 1.74 bits per heavy atom. The number of amides is 2. The monoisotopic (exact) mass is 466 g/mol. The first-order chi connectivity index (χ1) is 14.8. The van der Waals surface area contributed by atoms with Gasteiger partial charge in [0.15, 0.2) is 4.34 Å². The molecule has 1 heterocycles. The summed E-state index contributed by atoms with van der Waals surface area (Å²) < 4.78 is 38.7. The second-order valence-electron chi connectivity index (χ2n) is 6.32. The van der Waals surface area contributed by atoms with Crippen LogP contribution in [0, 0.1) is 0 Å². The van der Waals surface area contributed by atoms with E-state index in [4.69, 9.17) is 0 Å². The summed E-state index contributed by atoms with van der Waals surface area (Å²) in [5, 5.41) is 13.2. The van der Waals surface area contributed by atoms with Crippen LogP contribution in [0.15, 0.2) is 58.9 Å². The normalized spacial score (nSPS) is 11.2. The van der Waals surface area contributed by atoms with Gasteiger partial charge in [-0.25, -0.2) is 0 Å². The van der Waals surface area contributed by atoms with E-state index >= 15 is 0 Å². The quantitative estimate of drug-likeness (QED) is 0.366. The molecule has 0 saturated heterocycles. The molecule has 0 spiro atoms. The highest BCUT2D eigenvalue weighted by Gasteiger charge is 2.30. The van der Waals surface area contributed by atoms with Crippen LogP contribution in [0.3, 0.4) is 0 Å². The van der Waals surface area contributed by atoms with Gasteiger partial charge in [0.1, 0.15) is 0 Å². The van der Waals surface area contributed by atoms with Crippen LogP contribution in [-0.4, -0.2) is 27.8 Å². The van der Waals surface area contributed by atoms with Crippen LogP contribution < -0.4 is 10.6 Å². The molecule has 0 fully saturated rings. The number of aryl methyl sites for hydroxylation is 1. The predicted octanol–water partition coefficient (Wildman–Crippen LogP) is 4.86. The van der Waals surface area contributed by atoms with Gasteiger partial charge in [-0.1, -0.05) is 59.5 Å². The number of benzene rings is 2. The Hall–Kier alpha value is -2.92. The van der Waals surface area contributed by atoms with Crippen LogP contribution in [-0.2, 0) is 22.2 Å². The van der Waals surface area contributed by atoms with E-state index in [1.165, 1.54) is 12.1 Å². The molecule has 3 rings (SSSR count). The number of rotatable bonds is 8. The van der Waals surface area contributed by atoms with Gasteiger partial charge in [-0.15, -0.1) is 10.2 Å². The maximum atomic E-state index is 12.7. The Kier molecular flexibility index (Phi) is 7.64. The van der Waals surface area contributed by atoms with E-state index in [0.717, 1.165) is 40.8 Å². The van der Waals surface area contributed by atoms with Gasteiger partial charge >= 0.3 is 6.18 Å². The maximum absolute atomic E-state index is 12.7. The molecule has 2 N–H and O–H groups in total. The summed E-state index contributed by atoms with van der Waals surface area (Å²) in [5.41, 5.74) is 0.275. The fourth-order valence-corrected chi connectivity index (χ4v) is 4.07. The standard InChI is InChI=1S/C20H17F3N4O2S2/c21-20(22,23)14-7-4-8-15(11-14)24-17(29)12-30-19-27-26-18(31-19)25-16(28)10-9-13-5-2-1-3-6-13/h1-8,11H,9-10,12H2,(H,24,29)(H,25,26,28). The van der Waals surface area contributed by atoms with E-state index in [1.54, 1.807) is 0 Å². The van der Waals surface area contributed by atoms with E-state index in [0.29, 0.717) is 22.3 Å². The molecule has 0 saturated carbocycles. The van der Waals surface area contributed by atoms with Gasteiger partial charge in [-0.2, -0.15) is 13.2 Å². The van der Waals surface area contributed by atoms with Crippen molar-refractivity contribution in [2.75, 3.05) is 16.4 Å². The molecule has 0 bridgehead atoms. The molecule has 0 radical (unpaired) electrons. The summed E-state index contributed by atoms with van der Waals surface area (Å²) in [6.07, 6.45) is -3.59. The van der Waals surface area contributed by atoms with Crippen LogP contribution in [0.4, 0.5) is 24.0 Å². The highest BCUT2D eigenvalue weighted by Crippen LogP contribution is 2.31. The van der Waals surface area contributed by atoms with Crippen molar-refractivity contribution < 1.29 is 22.8 Å². The number of nitrogens with zero attached hydrogens (tertiary/aromatic N) is 2. The van der Waals surface area contributed by atoms with Gasteiger partial charge in [0, 0.05) is 12.1 Å². The van der Waals surface area contributed by atoms with E-state index in [9.17, 15) is 22.8 Å². The Morgan fingerprint density at radius 3 is 2.48 bits per heavy atom. The second-order valence-corrected chi connectivity index (χ2v) is 8.52. The van der Waals surface area contributed by atoms with Gasteiger partial charge in [-0.05, 0) is 30.2 Å². The molecule has 0 aliphatic rings. The van der Waals surface area contributed by atoms with Gasteiger partial charge in [0.25, 0.3) is 0 Å². The van der Waals surface area contributed by atoms with Crippen molar-refractivity contribution in [1.82, 2.24) is 10.2 Å². The zero-order chi connectivity index (χ0) is 22.3. The zero-order valence-electron chi connectivity index (χ0n) is 16.0. The lowest BCUT2D eigenvalue weighted by Crippen LogP contribution is -2.15. The zero-order valence-corrected chi connectivity index (χ0v) is 17.6. The lowest BCUT2D eigenvalue weighted by Gasteiger charge is -2.09. The number of carbonyl (C=O) groups excluding carboxylic acids is 2. The van der Waals surface area contributed by atoms with E-state index in [2.05, 4.69) is 20.8 Å². The first-order valence-corrected chi connectivity index (χ1v) is 10.9. The summed E-state index contributed by atoms with van der Waals surface area (Å²) in [6, 6.07) is 14.0. The van der Waals surface area contributed by atoms with Crippen LogP contribution >= 0.6 is 23.1 Å². The van der Waals surface area contributed by atoms with Crippen molar-refractivity contribution in [2.24, 2.45) is 0 Å². The Morgan fingerprint density at radius 1 is 0.968 bits per heavy atom. The SMILES string of the molecule is O=C(CSc1nnc(NC(=O)CCc2ccccc2)s1)Nc1cccc(C(F)(F)F)c1. The number of thioether (sulfide) groups is 1. The summed E-state index contributed by atoms with van der Waals surface area (Å²) in [4.78, 5) is 24.1. The number of aromatic nitrogens is 2. The van der Waals surface area contributed by atoms with Gasteiger partial charge in [0.05, 0.1) is 11.3 Å². The summed E-state index contributed by atoms with van der Waals surface area (Å²) in [6.45, 7) is 0. The van der Waals surface area contributed by atoms with Gasteiger partial charge in [-0.3, -0.25) is 9.59 Å². The fraction of sp³-hybridized carbons (Fsp3) is 0.200. The number of halogens is 3. The molecule has 3 aromatic rings. The summed E-state index contributed by atoms with van der Waals surface area (Å²) in [5.74, 6) is -0.737. The van der Waals surface area contributed by atoms with Crippen molar-refractivity contribution >= 4 is 45.7 Å². The van der Waals surface area contributed by atoms with Crippen LogP contribution in [0.2, 0.25) is 0 Å². The van der Waals surface area contributed by atoms with Crippen molar-refractivity contribution in [3.8, 4) is 0 Å². The third-order valence-electron chi connectivity index (χ3n) is 3.94. The Balaban J connectivity index is 1.44. The Bertz CT molecular complexity index is 1040. The van der Waals surface area contributed by atoms with Gasteiger partial charge in [0.2, 0.25) is 16.9 Å². The molecule has 0 atom stereocenters. The average Bonchev–Trinajstić information content (AvgIpc) is 3.18. The van der Waals surface area contributed by atoms with E-state index < -0.39 is 17.6 Å². The number of anilines is 2. The number of nitrogens with one attached hydrogen (secondary N) is 2. The summed E-state index contributed by atoms with van der Waals surface area (Å²) in [7, 11) is 0. The van der Waals surface area contributed by atoms with Crippen molar-refractivity contribution in [3.63, 3.8) is 0 Å². The van der Waals surface area contributed by atoms with Crippen molar-refractivity contribution in [2.45, 2.75) is 23.4 Å². The molecule has 1 aromatic heterocycles. The molecular formula is C20H17F3N4O2S2. The third kappa shape index (κ3) is 7.37. The number of hydrogen-bond donors (Lipinski definition) is 2. The minimum atomic E-state index is -4.48. The van der Waals surface area contributed by atoms with E-state index in [-0.39, 0.29) is 17.3 Å². The maximum Gasteiger partial charge on any atom is 0.416 e. The molecule has 11 heteroatoms. The Labute approximate surface area is 184 Å². The first kappa shape index (κ1) is 22.8. The second kappa shape index (κ2) is 10.4. The highest BCUT2D eigenvalue weighted by molar-refractivity contribution is 8.01. The molecule has 162 valence electrons. The molecule has 31 heavy (non-hydrogen) atoms. The topological polar surface area (TPSA) is 84.0 Å². The minimum absolute atomic E-state index is 0.0593. The van der Waals surface area contributed by atoms with Crippen molar-refractivity contribution in [1.29, 1.82) is 0 Å². The average molecular weight is 467 g/mol. The molecule has 0 aliphatic carbocycles. The number of hydrogen-bond acceptors (Lipinski definition) is 6. The number of carbonyl (C=O) groups is 2. The molecule has 2 aromatic carbocycles. The van der Waals surface area contributed by atoms with E-state index in [1.807, 2.05) is 30.3 Å². The van der Waals surface area contributed by atoms with Crippen LogP contribution in [0.25, 0.3) is 0 Å². The largest absolute Gasteiger partial charge is 0.416 e. The first-order valence-electron chi connectivity index (χ1n) is 9.07. The summed E-state index contributed by atoms with van der Waals surface area (Å²) >= 11 is 2.19. The number of alkyl halides is 3. The predicted molar refractivity (Wildman–Crippen MR) is 114 cm³/mol. The smallest absolute Gasteiger partial charge is 0.325 e. The fourth-order valence-electron chi connectivity index (χ4n) is 2.50.